The number of rotatable bonds is 4. The van der Waals surface area contributed by atoms with Crippen molar-refractivity contribution in [2.24, 2.45) is 5.92 Å². The molecule has 2 rings (SSSR count). The molecular weight excluding hydrogens is 274 g/mol. The molecule has 1 aliphatic rings. The van der Waals surface area contributed by atoms with E-state index in [1.54, 1.807) is 0 Å². The van der Waals surface area contributed by atoms with Gasteiger partial charge in [-0.25, -0.2) is 0 Å². The minimum Gasteiger partial charge on any atom is -0.325 e. The predicted octanol–water partition coefficient (Wildman–Crippen LogP) is 2.63. The summed E-state index contributed by atoms with van der Waals surface area (Å²) >= 11 is 0. The van der Waals surface area contributed by atoms with E-state index in [0.717, 1.165) is 0 Å². The second-order valence-electron chi connectivity index (χ2n) is 5.57. The molecule has 0 spiro atoms. The highest BCUT2D eigenvalue weighted by molar-refractivity contribution is 6.05. The van der Waals surface area contributed by atoms with Crippen LogP contribution in [0.3, 0.4) is 0 Å². The van der Waals surface area contributed by atoms with E-state index < -0.39 is 10.8 Å². The van der Waals surface area contributed by atoms with Crippen LogP contribution in [0.15, 0.2) is 12.1 Å². The zero-order valence-electron chi connectivity index (χ0n) is 12.1. The lowest BCUT2D eigenvalue weighted by Crippen LogP contribution is -2.13. The summed E-state index contributed by atoms with van der Waals surface area (Å²) in [6.45, 7) is 5.26. The van der Waals surface area contributed by atoms with Crippen molar-refractivity contribution in [2.75, 3.05) is 10.6 Å². The lowest BCUT2D eigenvalue weighted by Gasteiger charge is -2.12. The standard InChI is InChI=1S/C14H17N3O4/c1-7(2)4-10-9-5-13(17(20)21)12(15-8(3)18)6-11(9)16-14(10)19/h5-7,10H,4H2,1-3H3,(H,15,18)(H,16,19). The average molecular weight is 291 g/mol. The third kappa shape index (κ3) is 3.01. The molecule has 7 nitrogen and oxygen atoms in total. The Morgan fingerprint density at radius 1 is 1.48 bits per heavy atom. The predicted molar refractivity (Wildman–Crippen MR) is 78.2 cm³/mol. The van der Waals surface area contributed by atoms with Gasteiger partial charge in [0.2, 0.25) is 11.8 Å². The Morgan fingerprint density at radius 2 is 2.14 bits per heavy atom. The van der Waals surface area contributed by atoms with Crippen molar-refractivity contribution in [3.05, 3.63) is 27.8 Å². The zero-order chi connectivity index (χ0) is 15.7. The van der Waals surface area contributed by atoms with Crippen LogP contribution in [0.1, 0.15) is 38.7 Å². The number of amides is 2. The molecule has 1 unspecified atom stereocenters. The van der Waals surface area contributed by atoms with Crippen LogP contribution in [-0.4, -0.2) is 16.7 Å². The molecule has 112 valence electrons. The highest BCUT2D eigenvalue weighted by Gasteiger charge is 2.34. The Bertz CT molecular complexity index is 625. The van der Waals surface area contributed by atoms with Gasteiger partial charge >= 0.3 is 0 Å². The van der Waals surface area contributed by atoms with Crippen molar-refractivity contribution >= 4 is 28.9 Å². The quantitative estimate of drug-likeness (QED) is 0.657. The number of carbonyl (C=O) groups is 2. The highest BCUT2D eigenvalue weighted by atomic mass is 16.6. The van der Waals surface area contributed by atoms with Crippen LogP contribution in [0.4, 0.5) is 17.1 Å². The van der Waals surface area contributed by atoms with Gasteiger partial charge in [0.1, 0.15) is 5.69 Å². The van der Waals surface area contributed by atoms with Gasteiger partial charge in [0, 0.05) is 18.7 Å². The molecule has 0 radical (unpaired) electrons. The van der Waals surface area contributed by atoms with E-state index in [9.17, 15) is 19.7 Å². The van der Waals surface area contributed by atoms with Gasteiger partial charge in [0.15, 0.2) is 0 Å². The van der Waals surface area contributed by atoms with Gasteiger partial charge in [0.25, 0.3) is 5.69 Å². The second kappa shape index (κ2) is 5.51. The number of nitrogens with one attached hydrogen (secondary N) is 2. The number of nitrogens with zero attached hydrogens (tertiary/aromatic N) is 1. The molecule has 0 fully saturated rings. The number of hydrogen-bond acceptors (Lipinski definition) is 4. The van der Waals surface area contributed by atoms with Gasteiger partial charge in [-0.3, -0.25) is 19.7 Å². The maximum Gasteiger partial charge on any atom is 0.293 e. The van der Waals surface area contributed by atoms with Gasteiger partial charge in [-0.05, 0) is 24.0 Å². The maximum absolute atomic E-state index is 12.0. The number of carbonyl (C=O) groups excluding carboxylic acids is 2. The van der Waals surface area contributed by atoms with E-state index in [1.165, 1.54) is 19.1 Å². The summed E-state index contributed by atoms with van der Waals surface area (Å²) in [7, 11) is 0. The van der Waals surface area contributed by atoms with Crippen molar-refractivity contribution in [1.29, 1.82) is 0 Å². The fourth-order valence-corrected chi connectivity index (χ4v) is 2.51. The summed E-state index contributed by atoms with van der Waals surface area (Å²) in [4.78, 5) is 33.8. The smallest absolute Gasteiger partial charge is 0.293 e. The molecule has 1 aliphatic heterocycles. The molecule has 1 heterocycles. The summed E-state index contributed by atoms with van der Waals surface area (Å²) in [5, 5.41) is 16.3. The Labute approximate surface area is 121 Å². The van der Waals surface area contributed by atoms with Crippen LogP contribution in [0, 0.1) is 16.0 Å². The van der Waals surface area contributed by atoms with Gasteiger partial charge < -0.3 is 10.6 Å². The summed E-state index contributed by atoms with van der Waals surface area (Å²) in [5.74, 6) is -0.653. The fraction of sp³-hybridized carbons (Fsp3) is 0.429. The first-order chi connectivity index (χ1) is 9.79. The molecule has 0 bridgehead atoms. The lowest BCUT2D eigenvalue weighted by atomic mass is 9.91. The summed E-state index contributed by atoms with van der Waals surface area (Å²) in [6, 6.07) is 2.83. The van der Waals surface area contributed by atoms with Crippen molar-refractivity contribution in [2.45, 2.75) is 33.1 Å². The van der Waals surface area contributed by atoms with E-state index in [4.69, 9.17) is 0 Å². The minimum absolute atomic E-state index is 0.0942. The topological polar surface area (TPSA) is 101 Å². The van der Waals surface area contributed by atoms with E-state index in [1.807, 2.05) is 13.8 Å². The molecule has 1 aromatic carbocycles. The van der Waals surface area contributed by atoms with Crippen LogP contribution in [-0.2, 0) is 9.59 Å². The van der Waals surface area contributed by atoms with E-state index in [0.29, 0.717) is 23.6 Å². The molecular formula is C14H17N3O4. The first kappa shape index (κ1) is 15.0. The second-order valence-corrected chi connectivity index (χ2v) is 5.57. The van der Waals surface area contributed by atoms with Crippen molar-refractivity contribution in [1.82, 2.24) is 0 Å². The SMILES string of the molecule is CC(=O)Nc1cc2c(cc1[N+](=O)[O-])C(CC(C)C)C(=O)N2. The number of hydrogen-bond donors (Lipinski definition) is 2. The van der Waals surface area contributed by atoms with Crippen LogP contribution in [0.25, 0.3) is 0 Å². The van der Waals surface area contributed by atoms with Crippen molar-refractivity contribution in [3.8, 4) is 0 Å². The summed E-state index contributed by atoms with van der Waals surface area (Å²) in [5.41, 5.74) is 1.04. The minimum atomic E-state index is -0.555. The Kier molecular flexibility index (Phi) is 3.93. The number of nitro groups is 1. The Morgan fingerprint density at radius 3 is 2.67 bits per heavy atom. The Balaban J connectivity index is 2.49. The van der Waals surface area contributed by atoms with Crippen LogP contribution < -0.4 is 10.6 Å². The van der Waals surface area contributed by atoms with Crippen molar-refractivity contribution < 1.29 is 14.5 Å². The first-order valence-corrected chi connectivity index (χ1v) is 6.70. The average Bonchev–Trinajstić information content (AvgIpc) is 2.62. The number of benzene rings is 1. The zero-order valence-corrected chi connectivity index (χ0v) is 12.1. The first-order valence-electron chi connectivity index (χ1n) is 6.70. The molecule has 1 aromatic rings. The highest BCUT2D eigenvalue weighted by Crippen LogP contribution is 2.41. The molecule has 0 aliphatic carbocycles. The summed E-state index contributed by atoms with van der Waals surface area (Å²) in [6.07, 6.45) is 0.621. The van der Waals surface area contributed by atoms with Crippen molar-refractivity contribution in [3.63, 3.8) is 0 Å². The maximum atomic E-state index is 12.0. The third-order valence-electron chi connectivity index (χ3n) is 3.33. The van der Waals surface area contributed by atoms with E-state index >= 15 is 0 Å². The summed E-state index contributed by atoms with van der Waals surface area (Å²) < 4.78 is 0. The molecule has 21 heavy (non-hydrogen) atoms. The van der Waals surface area contributed by atoms with Crippen LogP contribution in [0.5, 0.6) is 0 Å². The number of nitro benzene ring substituents is 1. The van der Waals surface area contributed by atoms with Gasteiger partial charge in [0.05, 0.1) is 10.8 Å². The number of fused-ring (bicyclic) bond motifs is 1. The van der Waals surface area contributed by atoms with E-state index in [2.05, 4.69) is 10.6 Å². The molecule has 0 saturated heterocycles. The van der Waals surface area contributed by atoms with Gasteiger partial charge in [-0.2, -0.15) is 0 Å². The normalized spacial score (nSPS) is 16.6. The van der Waals surface area contributed by atoms with Crippen LogP contribution >= 0.6 is 0 Å². The van der Waals surface area contributed by atoms with Crippen LogP contribution in [0.2, 0.25) is 0 Å². The molecule has 0 saturated carbocycles. The molecule has 2 amide bonds. The Hall–Kier alpha value is -2.44. The monoisotopic (exact) mass is 291 g/mol. The molecule has 1 atom stereocenters. The van der Waals surface area contributed by atoms with E-state index in [-0.39, 0.29) is 23.2 Å². The molecule has 2 N–H and O–H groups in total. The van der Waals surface area contributed by atoms with Gasteiger partial charge in [-0.15, -0.1) is 0 Å². The fourth-order valence-electron chi connectivity index (χ4n) is 2.51. The largest absolute Gasteiger partial charge is 0.325 e. The van der Waals surface area contributed by atoms with Gasteiger partial charge in [-0.1, -0.05) is 13.8 Å². The number of anilines is 2. The molecule has 0 aromatic heterocycles. The third-order valence-corrected chi connectivity index (χ3v) is 3.33. The molecule has 7 heteroatoms. The lowest BCUT2D eigenvalue weighted by molar-refractivity contribution is -0.384.